The molecule has 3 atom stereocenters. The van der Waals surface area contributed by atoms with Gasteiger partial charge in [0.05, 0.1) is 19.1 Å². The molecule has 0 N–H and O–H groups in total. The average Bonchev–Trinajstić information content (AvgIpc) is 3.08. The largest absolute Gasteiger partial charge is 0.469 e. The first-order valence-corrected chi connectivity index (χ1v) is 10.7. The monoisotopic (exact) mass is 400 g/mol. The number of carbonyl (C=O) groups is 1. The van der Waals surface area contributed by atoms with E-state index in [1.165, 1.54) is 40.4 Å². The Labute approximate surface area is 177 Å². The van der Waals surface area contributed by atoms with Gasteiger partial charge < -0.3 is 9.30 Å². The highest BCUT2D eigenvalue weighted by molar-refractivity contribution is 5.93. The highest BCUT2D eigenvalue weighted by Crippen LogP contribution is 2.53. The second kappa shape index (κ2) is 7.44. The minimum absolute atomic E-state index is 0.119. The number of methoxy groups -OCH3 is 1. The van der Waals surface area contributed by atoms with E-state index in [1.807, 2.05) is 0 Å². The fraction of sp³-hybridized carbons (Fsp3) is 0.346. The number of carbonyl (C=O) groups excluding carboxylic acids is 1. The number of aryl methyl sites for hydroxylation is 1. The van der Waals surface area contributed by atoms with Crippen LogP contribution >= 0.6 is 0 Å². The third-order valence-corrected chi connectivity index (χ3v) is 7.06. The number of aromatic nitrogens is 1. The van der Waals surface area contributed by atoms with Gasteiger partial charge in [0.15, 0.2) is 0 Å². The number of hydrogen-bond acceptors (Lipinski definition) is 3. The van der Waals surface area contributed by atoms with Gasteiger partial charge in [0.25, 0.3) is 0 Å². The number of piperidine rings is 1. The Morgan fingerprint density at radius 2 is 1.87 bits per heavy atom. The summed E-state index contributed by atoms with van der Waals surface area (Å²) in [6, 6.07) is 19.4. The summed E-state index contributed by atoms with van der Waals surface area (Å²) in [5.41, 5.74) is 6.29. The number of allylic oxidation sites excluding steroid dienone is 1. The first-order valence-electron chi connectivity index (χ1n) is 10.7. The topological polar surface area (TPSA) is 34.5 Å². The van der Waals surface area contributed by atoms with Crippen LogP contribution in [0.3, 0.4) is 0 Å². The summed E-state index contributed by atoms with van der Waals surface area (Å²) in [6.45, 7) is 3.89. The summed E-state index contributed by atoms with van der Waals surface area (Å²) in [4.78, 5) is 15.6. The first kappa shape index (κ1) is 19.1. The number of para-hydroxylation sites is 1. The Balaban J connectivity index is 1.71. The zero-order chi connectivity index (χ0) is 20.8. The van der Waals surface area contributed by atoms with Crippen LogP contribution in [0, 0.1) is 5.92 Å². The van der Waals surface area contributed by atoms with E-state index in [2.05, 4.69) is 84.1 Å². The Morgan fingerprint density at radius 1 is 1.13 bits per heavy atom. The molecule has 2 bridgehead atoms. The molecule has 5 rings (SSSR count). The molecule has 0 amide bonds. The van der Waals surface area contributed by atoms with Gasteiger partial charge in [-0.05, 0) is 30.5 Å². The molecule has 154 valence electrons. The van der Waals surface area contributed by atoms with Crippen molar-refractivity contribution in [3.63, 3.8) is 0 Å². The lowest BCUT2D eigenvalue weighted by molar-refractivity contribution is -0.144. The Kier molecular flexibility index (Phi) is 4.75. The molecule has 2 heterocycles. The molecular formula is C26H28N2O2. The number of esters is 1. The molecule has 2 aliphatic rings. The molecule has 4 heteroatoms. The fourth-order valence-electron chi connectivity index (χ4n) is 5.71. The van der Waals surface area contributed by atoms with Crippen LogP contribution in [0.2, 0.25) is 0 Å². The van der Waals surface area contributed by atoms with Crippen molar-refractivity contribution in [3.8, 4) is 0 Å². The molecule has 1 fully saturated rings. The zero-order valence-corrected chi connectivity index (χ0v) is 17.8. The molecule has 0 spiro atoms. The summed E-state index contributed by atoms with van der Waals surface area (Å²) in [5, 5.41) is 1.18. The third kappa shape index (κ3) is 2.82. The summed E-state index contributed by atoms with van der Waals surface area (Å²) < 4.78 is 7.63. The highest BCUT2D eigenvalue weighted by atomic mass is 16.5. The molecule has 1 aromatic heterocycles. The molecule has 0 unspecified atom stereocenters. The van der Waals surface area contributed by atoms with Crippen molar-refractivity contribution in [2.24, 2.45) is 13.0 Å². The summed E-state index contributed by atoms with van der Waals surface area (Å²) in [6.07, 6.45) is 3.16. The Morgan fingerprint density at radius 3 is 2.60 bits per heavy atom. The quantitative estimate of drug-likeness (QED) is 0.460. The minimum Gasteiger partial charge on any atom is -0.469 e. The van der Waals surface area contributed by atoms with Gasteiger partial charge in [0.2, 0.25) is 0 Å². The van der Waals surface area contributed by atoms with E-state index in [9.17, 15) is 4.79 Å². The van der Waals surface area contributed by atoms with Crippen molar-refractivity contribution in [2.75, 3.05) is 13.7 Å². The molecule has 0 saturated carbocycles. The van der Waals surface area contributed by atoms with Crippen molar-refractivity contribution >= 4 is 16.9 Å². The van der Waals surface area contributed by atoms with Gasteiger partial charge in [0, 0.05) is 42.7 Å². The lowest BCUT2D eigenvalue weighted by atomic mass is 9.68. The zero-order valence-electron chi connectivity index (χ0n) is 17.8. The SMILES string of the molecule is C/C=C1/CN(Cc2ccccc2)[C@H]2C[C@@H]1[C@@H](C(=O)OC)c1c2n(C)c2ccccc12. The Bertz CT molecular complexity index is 1130. The van der Waals surface area contributed by atoms with E-state index in [0.29, 0.717) is 0 Å². The third-order valence-electron chi connectivity index (χ3n) is 7.06. The number of benzene rings is 2. The van der Waals surface area contributed by atoms with Crippen molar-refractivity contribution in [1.82, 2.24) is 9.47 Å². The van der Waals surface area contributed by atoms with Crippen LogP contribution in [0.25, 0.3) is 10.9 Å². The highest BCUT2D eigenvalue weighted by Gasteiger charge is 2.48. The van der Waals surface area contributed by atoms with Gasteiger partial charge in [-0.2, -0.15) is 0 Å². The van der Waals surface area contributed by atoms with Crippen LogP contribution in [0.15, 0.2) is 66.2 Å². The smallest absolute Gasteiger partial charge is 0.313 e. The van der Waals surface area contributed by atoms with Gasteiger partial charge >= 0.3 is 5.97 Å². The lowest BCUT2D eigenvalue weighted by Gasteiger charge is -2.47. The predicted octanol–water partition coefficient (Wildman–Crippen LogP) is 4.96. The van der Waals surface area contributed by atoms with Gasteiger partial charge in [-0.3, -0.25) is 9.69 Å². The lowest BCUT2D eigenvalue weighted by Crippen LogP contribution is -2.45. The van der Waals surface area contributed by atoms with Crippen LogP contribution in [0.4, 0.5) is 0 Å². The van der Waals surface area contributed by atoms with Crippen LogP contribution in [0.1, 0.15) is 42.1 Å². The molecule has 3 aromatic rings. The number of rotatable bonds is 3. The molecular weight excluding hydrogens is 372 g/mol. The molecule has 0 radical (unpaired) electrons. The van der Waals surface area contributed by atoms with E-state index in [4.69, 9.17) is 4.74 Å². The van der Waals surface area contributed by atoms with Crippen LogP contribution in [-0.2, 0) is 23.1 Å². The van der Waals surface area contributed by atoms with E-state index in [0.717, 1.165) is 19.5 Å². The van der Waals surface area contributed by atoms with E-state index in [1.54, 1.807) is 0 Å². The average molecular weight is 401 g/mol. The summed E-state index contributed by atoms with van der Waals surface area (Å²) >= 11 is 0. The molecule has 4 nitrogen and oxygen atoms in total. The summed E-state index contributed by atoms with van der Waals surface area (Å²) in [7, 11) is 3.65. The number of fused-ring (bicyclic) bond motifs is 6. The number of likely N-dealkylation sites (tertiary alicyclic amines) is 1. The van der Waals surface area contributed by atoms with Crippen molar-refractivity contribution in [1.29, 1.82) is 0 Å². The second-order valence-corrected chi connectivity index (χ2v) is 8.49. The maximum atomic E-state index is 13.0. The van der Waals surface area contributed by atoms with E-state index < -0.39 is 0 Å². The maximum Gasteiger partial charge on any atom is 0.313 e. The number of hydrogen-bond donors (Lipinski definition) is 0. The number of ether oxygens (including phenoxy) is 1. The van der Waals surface area contributed by atoms with E-state index in [-0.39, 0.29) is 23.8 Å². The van der Waals surface area contributed by atoms with Gasteiger partial charge in [-0.15, -0.1) is 0 Å². The van der Waals surface area contributed by atoms with Crippen LogP contribution in [-0.4, -0.2) is 29.1 Å². The van der Waals surface area contributed by atoms with Crippen LogP contribution in [0.5, 0.6) is 0 Å². The van der Waals surface area contributed by atoms with Crippen molar-refractivity contribution < 1.29 is 9.53 Å². The van der Waals surface area contributed by atoms with E-state index >= 15 is 0 Å². The normalized spacial score (nSPS) is 24.8. The van der Waals surface area contributed by atoms with Crippen molar-refractivity contribution in [2.45, 2.75) is 31.8 Å². The molecule has 1 saturated heterocycles. The maximum absolute atomic E-state index is 13.0. The van der Waals surface area contributed by atoms with Crippen LogP contribution < -0.4 is 0 Å². The fourth-order valence-corrected chi connectivity index (χ4v) is 5.71. The summed E-state index contributed by atoms with van der Waals surface area (Å²) in [5.74, 6) is -0.165. The van der Waals surface area contributed by atoms with Gasteiger partial charge in [0.1, 0.15) is 0 Å². The number of nitrogens with zero attached hydrogens (tertiary/aromatic N) is 2. The predicted molar refractivity (Wildman–Crippen MR) is 119 cm³/mol. The first-order chi connectivity index (χ1) is 14.6. The molecule has 2 aromatic carbocycles. The van der Waals surface area contributed by atoms with Gasteiger partial charge in [-0.25, -0.2) is 0 Å². The Hall–Kier alpha value is -2.85. The molecule has 30 heavy (non-hydrogen) atoms. The molecule has 1 aliphatic carbocycles. The second-order valence-electron chi connectivity index (χ2n) is 8.49. The minimum atomic E-state index is -0.238. The molecule has 1 aliphatic heterocycles. The van der Waals surface area contributed by atoms with Crippen molar-refractivity contribution in [3.05, 3.63) is 83.1 Å². The standard InChI is InChI=1S/C26H28N2O2/c1-4-18-16-28(15-17-10-6-5-7-11-17)22-14-20(18)24(26(29)30-3)23-19-12-8-9-13-21(19)27(2)25(22)23/h4-13,20,22,24H,14-16H2,1-3H3/b18-4-/t20-,22-,24+/m0/s1. The van der Waals surface area contributed by atoms with Gasteiger partial charge in [-0.1, -0.05) is 60.2 Å².